The van der Waals surface area contributed by atoms with Gasteiger partial charge in [0.25, 0.3) is 5.69 Å². The zero-order valence-electron chi connectivity index (χ0n) is 16.0. The van der Waals surface area contributed by atoms with Crippen LogP contribution in [-0.4, -0.2) is 61.3 Å². The van der Waals surface area contributed by atoms with E-state index < -0.39 is 27.3 Å². The van der Waals surface area contributed by atoms with Gasteiger partial charge in [0.15, 0.2) is 5.78 Å². The van der Waals surface area contributed by atoms with E-state index in [9.17, 15) is 23.3 Å². The summed E-state index contributed by atoms with van der Waals surface area (Å²) in [6.45, 7) is 0.967. The molecular weight excluding hydrogens is 410 g/mol. The largest absolute Gasteiger partial charge is 0.388 e. The summed E-state index contributed by atoms with van der Waals surface area (Å²) >= 11 is 0. The summed E-state index contributed by atoms with van der Waals surface area (Å²) < 4.78 is 27.2. The number of hydrogen-bond acceptors (Lipinski definition) is 7. The van der Waals surface area contributed by atoms with Crippen LogP contribution in [0.4, 0.5) is 11.4 Å². The van der Waals surface area contributed by atoms with E-state index in [1.54, 1.807) is 24.3 Å². The molecule has 0 amide bonds. The third-order valence-electron chi connectivity index (χ3n) is 4.80. The number of aliphatic hydroxyl groups is 1. The summed E-state index contributed by atoms with van der Waals surface area (Å²) in [6.07, 6.45) is 2.75. The fourth-order valence-electron chi connectivity index (χ4n) is 3.11. The molecule has 0 aromatic heterocycles. The zero-order chi connectivity index (χ0) is 21.7. The molecule has 1 heterocycles. The number of aliphatic hydroxyl groups excluding tert-OH is 1. The minimum Gasteiger partial charge on any atom is -0.388 e. The number of sulfonamides is 1. The summed E-state index contributed by atoms with van der Waals surface area (Å²) in [6, 6.07) is 12.4. The Morgan fingerprint density at radius 1 is 1.03 bits per heavy atom. The molecule has 30 heavy (non-hydrogen) atoms. The van der Waals surface area contributed by atoms with Gasteiger partial charge in [0, 0.05) is 44.0 Å². The van der Waals surface area contributed by atoms with Crippen molar-refractivity contribution in [2.45, 2.75) is 4.90 Å². The van der Waals surface area contributed by atoms with Gasteiger partial charge in [-0.1, -0.05) is 18.2 Å². The first kappa shape index (κ1) is 21.6. The minimum absolute atomic E-state index is 0.0129. The van der Waals surface area contributed by atoms with E-state index >= 15 is 0 Å². The van der Waals surface area contributed by atoms with Gasteiger partial charge < -0.3 is 10.0 Å². The first-order valence-corrected chi connectivity index (χ1v) is 10.7. The highest BCUT2D eigenvalue weighted by atomic mass is 32.2. The molecule has 0 spiro atoms. The summed E-state index contributed by atoms with van der Waals surface area (Å²) in [5, 5.41) is 19.5. The second-order valence-electron chi connectivity index (χ2n) is 6.69. The predicted molar refractivity (Wildman–Crippen MR) is 112 cm³/mol. The number of non-ortho nitro benzene ring substituents is 1. The lowest BCUT2D eigenvalue weighted by Gasteiger charge is -2.35. The van der Waals surface area contributed by atoms with Gasteiger partial charge in [-0.3, -0.25) is 14.9 Å². The summed E-state index contributed by atoms with van der Waals surface area (Å²) in [7, 11) is -3.65. The van der Waals surface area contributed by atoms with Crippen molar-refractivity contribution < 1.29 is 23.2 Å². The highest BCUT2D eigenvalue weighted by Gasteiger charge is 2.28. The van der Waals surface area contributed by atoms with Crippen molar-refractivity contribution in [3.8, 4) is 0 Å². The third-order valence-corrected chi connectivity index (χ3v) is 6.71. The Kier molecular flexibility index (Phi) is 6.60. The molecule has 2 aromatic carbocycles. The lowest BCUT2D eigenvalue weighted by atomic mass is 10.2. The van der Waals surface area contributed by atoms with Gasteiger partial charge in [-0.15, -0.1) is 0 Å². The molecule has 1 fully saturated rings. The van der Waals surface area contributed by atoms with E-state index in [1.807, 2.05) is 4.90 Å². The Morgan fingerprint density at radius 3 is 2.17 bits per heavy atom. The molecule has 9 nitrogen and oxygen atoms in total. The maximum Gasteiger partial charge on any atom is 0.269 e. The van der Waals surface area contributed by atoms with Crippen molar-refractivity contribution in [1.82, 2.24) is 4.31 Å². The molecule has 0 radical (unpaired) electrons. The molecule has 0 bridgehead atoms. The normalized spacial score (nSPS) is 15.4. The van der Waals surface area contributed by atoms with Gasteiger partial charge in [-0.2, -0.15) is 4.31 Å². The molecule has 3 rings (SSSR count). The summed E-state index contributed by atoms with van der Waals surface area (Å²) in [5.74, 6) is -0.433. The van der Waals surface area contributed by atoms with Crippen molar-refractivity contribution in [2.24, 2.45) is 0 Å². The molecule has 0 unspecified atom stereocenters. The first-order valence-electron chi connectivity index (χ1n) is 9.22. The van der Waals surface area contributed by atoms with Crippen molar-refractivity contribution in [2.75, 3.05) is 37.7 Å². The lowest BCUT2D eigenvalue weighted by molar-refractivity contribution is -0.384. The van der Waals surface area contributed by atoms with E-state index in [0.717, 1.165) is 5.69 Å². The van der Waals surface area contributed by atoms with Crippen molar-refractivity contribution in [1.29, 1.82) is 0 Å². The Labute approximate surface area is 174 Å². The molecule has 1 aliphatic rings. The number of carbonyl (C=O) groups excluding carboxylic acids is 1. The standard InChI is InChI=1S/C20H21N3O6S/c24-15-19(25)8-1-16-2-9-20(10-3-16)30(28,29)22-13-11-21(12-14-22)17-4-6-18(7-5-17)23(26)27/h1-10,24H,11-15H2/b8-1+. The summed E-state index contributed by atoms with van der Waals surface area (Å²) in [5.41, 5.74) is 1.48. The van der Waals surface area contributed by atoms with Crippen molar-refractivity contribution in [3.63, 3.8) is 0 Å². The van der Waals surface area contributed by atoms with Crippen LogP contribution in [0.2, 0.25) is 0 Å². The molecule has 10 heteroatoms. The molecular formula is C20H21N3O6S. The van der Waals surface area contributed by atoms with Gasteiger partial charge in [0.05, 0.1) is 9.82 Å². The average Bonchev–Trinajstić information content (AvgIpc) is 2.78. The van der Waals surface area contributed by atoms with Crippen LogP contribution in [0.15, 0.2) is 59.5 Å². The molecule has 2 aromatic rings. The van der Waals surface area contributed by atoms with Gasteiger partial charge in [-0.25, -0.2) is 8.42 Å². The van der Waals surface area contributed by atoms with E-state index in [0.29, 0.717) is 31.7 Å². The second-order valence-corrected chi connectivity index (χ2v) is 8.63. The van der Waals surface area contributed by atoms with Crippen LogP contribution in [0.5, 0.6) is 0 Å². The van der Waals surface area contributed by atoms with Crippen LogP contribution in [0.1, 0.15) is 5.56 Å². The van der Waals surface area contributed by atoms with Crippen molar-refractivity contribution >= 4 is 33.3 Å². The first-order chi connectivity index (χ1) is 14.3. The number of hydrogen-bond donors (Lipinski definition) is 1. The van der Waals surface area contributed by atoms with E-state index in [2.05, 4.69) is 0 Å². The average molecular weight is 431 g/mol. The molecule has 0 saturated carbocycles. The highest BCUT2D eigenvalue weighted by Crippen LogP contribution is 2.23. The number of nitro groups is 1. The predicted octanol–water partition coefficient (Wildman–Crippen LogP) is 1.68. The highest BCUT2D eigenvalue weighted by molar-refractivity contribution is 7.89. The van der Waals surface area contributed by atoms with Crippen LogP contribution < -0.4 is 4.90 Å². The third kappa shape index (κ3) is 4.90. The monoisotopic (exact) mass is 431 g/mol. The van der Waals surface area contributed by atoms with Crippen LogP contribution >= 0.6 is 0 Å². The van der Waals surface area contributed by atoms with E-state index in [1.165, 1.54) is 40.7 Å². The SMILES string of the molecule is O=C(/C=C/c1ccc(S(=O)(=O)N2CCN(c3ccc([N+](=O)[O-])cc3)CC2)cc1)CO. The summed E-state index contributed by atoms with van der Waals surface area (Å²) in [4.78, 5) is 23.6. The van der Waals surface area contributed by atoms with Crippen LogP contribution in [-0.2, 0) is 14.8 Å². The number of anilines is 1. The maximum absolute atomic E-state index is 12.9. The quantitative estimate of drug-likeness (QED) is 0.402. The smallest absolute Gasteiger partial charge is 0.269 e. The van der Waals surface area contributed by atoms with Gasteiger partial charge in [0.2, 0.25) is 10.0 Å². The molecule has 1 aliphatic heterocycles. The van der Waals surface area contributed by atoms with Gasteiger partial charge in [-0.05, 0) is 35.9 Å². The van der Waals surface area contributed by atoms with E-state index in [-0.39, 0.29) is 10.6 Å². The number of ketones is 1. The second kappa shape index (κ2) is 9.16. The number of nitrogens with zero attached hydrogens (tertiary/aromatic N) is 3. The van der Waals surface area contributed by atoms with Crippen LogP contribution in [0.25, 0.3) is 6.08 Å². The van der Waals surface area contributed by atoms with Crippen LogP contribution in [0.3, 0.4) is 0 Å². The molecule has 158 valence electrons. The van der Waals surface area contributed by atoms with Crippen LogP contribution in [0, 0.1) is 10.1 Å². The fourth-order valence-corrected chi connectivity index (χ4v) is 4.54. The van der Waals surface area contributed by atoms with Crippen molar-refractivity contribution in [3.05, 3.63) is 70.3 Å². The minimum atomic E-state index is -3.65. The Balaban J connectivity index is 1.64. The molecule has 1 N–H and O–H groups in total. The maximum atomic E-state index is 12.9. The Bertz CT molecular complexity index is 1040. The molecule has 0 aliphatic carbocycles. The lowest BCUT2D eigenvalue weighted by Crippen LogP contribution is -2.48. The fraction of sp³-hybridized carbons (Fsp3) is 0.250. The number of rotatable bonds is 7. The Hall–Kier alpha value is -3.08. The number of carbonyl (C=O) groups is 1. The number of piperazine rings is 1. The topological polar surface area (TPSA) is 121 Å². The number of benzene rings is 2. The Morgan fingerprint density at radius 2 is 1.63 bits per heavy atom. The van der Waals surface area contributed by atoms with Gasteiger partial charge in [0.1, 0.15) is 6.61 Å². The molecule has 0 atom stereocenters. The number of nitro benzene ring substituents is 1. The zero-order valence-corrected chi connectivity index (χ0v) is 16.9. The van der Waals surface area contributed by atoms with Gasteiger partial charge >= 0.3 is 0 Å². The molecule has 1 saturated heterocycles. The van der Waals surface area contributed by atoms with E-state index in [4.69, 9.17) is 5.11 Å².